The molecule has 0 spiro atoms. The van der Waals surface area contributed by atoms with Crippen LogP contribution in [0.4, 0.5) is 9.93 Å². The summed E-state index contributed by atoms with van der Waals surface area (Å²) in [6.07, 6.45) is 8.41. The molecule has 1 aliphatic heterocycles. The summed E-state index contributed by atoms with van der Waals surface area (Å²) in [6.45, 7) is 1.72. The lowest BCUT2D eigenvalue weighted by atomic mass is 10.1. The largest absolute Gasteiger partial charge is 0.324 e. The molecule has 1 saturated heterocycles. The summed E-state index contributed by atoms with van der Waals surface area (Å²) in [4.78, 5) is 14.1. The van der Waals surface area contributed by atoms with Crippen LogP contribution in [0.15, 0.2) is 0 Å². The van der Waals surface area contributed by atoms with Crippen molar-refractivity contribution >= 4 is 22.5 Å². The van der Waals surface area contributed by atoms with E-state index < -0.39 is 0 Å². The molecule has 2 amide bonds. The molecule has 5 nitrogen and oxygen atoms in total. The average Bonchev–Trinajstić information content (AvgIpc) is 3.10. The minimum Gasteiger partial charge on any atom is -0.324 e. The van der Waals surface area contributed by atoms with E-state index in [1.165, 1.54) is 43.4 Å². The van der Waals surface area contributed by atoms with E-state index in [9.17, 15) is 4.79 Å². The monoisotopic (exact) mass is 280 g/mol. The molecular formula is C13H20N4OS. The summed E-state index contributed by atoms with van der Waals surface area (Å²) < 4.78 is 0. The number of carbonyl (C=O) groups is 1. The van der Waals surface area contributed by atoms with E-state index >= 15 is 0 Å². The third kappa shape index (κ3) is 3.43. The molecule has 2 aliphatic rings. The van der Waals surface area contributed by atoms with Crippen LogP contribution in [-0.2, 0) is 0 Å². The Kier molecular flexibility index (Phi) is 3.96. The molecule has 1 aliphatic carbocycles. The zero-order chi connectivity index (χ0) is 13.1. The van der Waals surface area contributed by atoms with Gasteiger partial charge in [0.05, 0.1) is 0 Å². The second-order valence-corrected chi connectivity index (χ2v) is 6.41. The van der Waals surface area contributed by atoms with Gasteiger partial charge < -0.3 is 4.90 Å². The van der Waals surface area contributed by atoms with Crippen LogP contribution >= 0.6 is 11.3 Å². The van der Waals surface area contributed by atoms with E-state index in [0.29, 0.717) is 11.0 Å². The lowest BCUT2D eigenvalue weighted by molar-refractivity contribution is 0.206. The van der Waals surface area contributed by atoms with Gasteiger partial charge in [-0.05, 0) is 25.7 Å². The molecule has 1 aromatic heterocycles. The Morgan fingerprint density at radius 2 is 1.79 bits per heavy atom. The van der Waals surface area contributed by atoms with Crippen LogP contribution in [0.1, 0.15) is 55.9 Å². The Labute approximate surface area is 117 Å². The lowest BCUT2D eigenvalue weighted by Gasteiger charge is -2.24. The van der Waals surface area contributed by atoms with Crippen molar-refractivity contribution in [3.05, 3.63) is 5.01 Å². The average molecular weight is 280 g/mol. The Bertz CT molecular complexity index is 436. The van der Waals surface area contributed by atoms with Crippen LogP contribution < -0.4 is 5.32 Å². The highest BCUT2D eigenvalue weighted by Crippen LogP contribution is 2.42. The molecule has 0 bridgehead atoms. The van der Waals surface area contributed by atoms with Gasteiger partial charge in [-0.3, -0.25) is 5.32 Å². The van der Waals surface area contributed by atoms with Crippen LogP contribution in [0.5, 0.6) is 0 Å². The van der Waals surface area contributed by atoms with Crippen LogP contribution in [0.2, 0.25) is 0 Å². The molecule has 0 radical (unpaired) electrons. The van der Waals surface area contributed by atoms with E-state index in [-0.39, 0.29) is 6.03 Å². The second-order valence-electron chi connectivity index (χ2n) is 5.40. The fraction of sp³-hybridized carbons (Fsp3) is 0.769. The van der Waals surface area contributed by atoms with Crippen molar-refractivity contribution < 1.29 is 4.79 Å². The summed E-state index contributed by atoms with van der Waals surface area (Å²) in [5.74, 6) is 0.602. The van der Waals surface area contributed by atoms with Gasteiger partial charge in [-0.25, -0.2) is 4.79 Å². The Hall–Kier alpha value is -1.17. The molecule has 2 fully saturated rings. The molecule has 0 atom stereocenters. The summed E-state index contributed by atoms with van der Waals surface area (Å²) in [5.41, 5.74) is 0. The molecule has 0 aromatic carbocycles. The number of hydrogen-bond acceptors (Lipinski definition) is 4. The van der Waals surface area contributed by atoms with E-state index in [0.717, 1.165) is 30.9 Å². The number of carbonyl (C=O) groups excluding carboxylic acids is 1. The minimum atomic E-state index is -0.0135. The maximum atomic E-state index is 12.2. The first-order valence-corrected chi connectivity index (χ1v) is 8.04. The Morgan fingerprint density at radius 1 is 1.11 bits per heavy atom. The van der Waals surface area contributed by atoms with Crippen LogP contribution in [0.25, 0.3) is 0 Å². The number of aromatic nitrogens is 2. The molecule has 0 unspecified atom stereocenters. The van der Waals surface area contributed by atoms with Crippen molar-refractivity contribution in [3.63, 3.8) is 0 Å². The third-order valence-corrected chi connectivity index (χ3v) is 4.73. The highest BCUT2D eigenvalue weighted by Gasteiger charge is 2.28. The zero-order valence-electron chi connectivity index (χ0n) is 11.1. The van der Waals surface area contributed by atoms with Crippen molar-refractivity contribution in [2.24, 2.45) is 0 Å². The summed E-state index contributed by atoms with van der Waals surface area (Å²) in [6, 6.07) is -0.0135. The first-order chi connectivity index (χ1) is 9.33. The standard InChI is InChI=1S/C13H20N4OS/c18-13(17-8-4-2-1-3-5-9-17)14-12-16-15-11(19-12)10-6-7-10/h10H,1-9H2,(H,14,16,18). The smallest absolute Gasteiger partial charge is 0.323 e. The van der Waals surface area contributed by atoms with Crippen molar-refractivity contribution in [2.45, 2.75) is 50.9 Å². The number of hydrogen-bond donors (Lipinski definition) is 1. The topological polar surface area (TPSA) is 58.1 Å². The number of urea groups is 1. The normalized spacial score (nSPS) is 20.7. The highest BCUT2D eigenvalue weighted by atomic mass is 32.1. The summed E-state index contributed by atoms with van der Waals surface area (Å²) >= 11 is 1.52. The molecule has 1 aromatic rings. The molecule has 1 N–H and O–H groups in total. The second kappa shape index (κ2) is 5.86. The fourth-order valence-corrected chi connectivity index (χ4v) is 3.30. The Morgan fingerprint density at radius 3 is 2.47 bits per heavy atom. The zero-order valence-corrected chi connectivity index (χ0v) is 11.9. The van der Waals surface area contributed by atoms with Gasteiger partial charge in [0.15, 0.2) is 0 Å². The van der Waals surface area contributed by atoms with Crippen LogP contribution in [0, 0.1) is 0 Å². The lowest BCUT2D eigenvalue weighted by Crippen LogP contribution is -2.37. The van der Waals surface area contributed by atoms with E-state index in [1.807, 2.05) is 4.90 Å². The predicted molar refractivity (Wildman–Crippen MR) is 75.6 cm³/mol. The summed E-state index contributed by atoms with van der Waals surface area (Å²) in [7, 11) is 0. The number of nitrogens with zero attached hydrogens (tertiary/aromatic N) is 3. The van der Waals surface area contributed by atoms with Crippen LogP contribution in [-0.4, -0.2) is 34.2 Å². The number of anilines is 1. The number of rotatable bonds is 2. The number of amides is 2. The number of nitrogens with one attached hydrogen (secondary N) is 1. The summed E-state index contributed by atoms with van der Waals surface area (Å²) in [5, 5.41) is 12.8. The van der Waals surface area contributed by atoms with Crippen molar-refractivity contribution in [1.82, 2.24) is 15.1 Å². The van der Waals surface area contributed by atoms with Gasteiger partial charge in [-0.2, -0.15) is 0 Å². The van der Waals surface area contributed by atoms with Crippen molar-refractivity contribution in [1.29, 1.82) is 0 Å². The first kappa shape index (κ1) is 12.8. The fourth-order valence-electron chi connectivity index (χ4n) is 2.40. The minimum absolute atomic E-state index is 0.0135. The molecule has 6 heteroatoms. The third-order valence-electron chi connectivity index (χ3n) is 3.72. The van der Waals surface area contributed by atoms with Gasteiger partial charge in [0.1, 0.15) is 5.01 Å². The Balaban J connectivity index is 1.55. The SMILES string of the molecule is O=C(Nc1nnc(C2CC2)s1)N1CCCCCCC1. The molecular weight excluding hydrogens is 260 g/mol. The molecule has 1 saturated carbocycles. The predicted octanol–water partition coefficient (Wildman–Crippen LogP) is 3.21. The van der Waals surface area contributed by atoms with E-state index in [4.69, 9.17) is 0 Å². The van der Waals surface area contributed by atoms with Crippen molar-refractivity contribution in [3.8, 4) is 0 Å². The quantitative estimate of drug-likeness (QED) is 0.905. The van der Waals surface area contributed by atoms with Crippen LogP contribution in [0.3, 0.4) is 0 Å². The van der Waals surface area contributed by atoms with E-state index in [2.05, 4.69) is 15.5 Å². The maximum absolute atomic E-state index is 12.2. The van der Waals surface area contributed by atoms with Gasteiger partial charge in [0.2, 0.25) is 5.13 Å². The maximum Gasteiger partial charge on any atom is 0.323 e. The molecule has 2 heterocycles. The van der Waals surface area contributed by atoms with Gasteiger partial charge in [-0.1, -0.05) is 30.6 Å². The van der Waals surface area contributed by atoms with Gasteiger partial charge in [0.25, 0.3) is 0 Å². The molecule has 104 valence electrons. The molecule has 3 rings (SSSR count). The van der Waals surface area contributed by atoms with E-state index in [1.54, 1.807) is 0 Å². The van der Waals surface area contributed by atoms with Gasteiger partial charge in [0, 0.05) is 19.0 Å². The number of likely N-dealkylation sites (tertiary alicyclic amines) is 1. The molecule has 19 heavy (non-hydrogen) atoms. The highest BCUT2D eigenvalue weighted by molar-refractivity contribution is 7.15. The van der Waals surface area contributed by atoms with Gasteiger partial charge in [-0.15, -0.1) is 10.2 Å². The van der Waals surface area contributed by atoms with Gasteiger partial charge >= 0.3 is 6.03 Å². The van der Waals surface area contributed by atoms with Crippen molar-refractivity contribution in [2.75, 3.05) is 18.4 Å². The first-order valence-electron chi connectivity index (χ1n) is 7.22.